The summed E-state index contributed by atoms with van der Waals surface area (Å²) < 4.78 is 6.77. The Balaban J connectivity index is 1.94. The van der Waals surface area contributed by atoms with Crippen LogP contribution in [0.1, 0.15) is 16.1 Å². The number of rotatable bonds is 5. The Morgan fingerprint density at radius 1 is 1.07 bits per heavy atom. The first kappa shape index (κ1) is 19.7. The second-order valence-electron chi connectivity index (χ2n) is 6.58. The number of nitrogens with zero attached hydrogens (tertiary/aromatic N) is 2. The van der Waals surface area contributed by atoms with Crippen LogP contribution in [0, 0.1) is 0 Å². The van der Waals surface area contributed by atoms with Crippen molar-refractivity contribution in [1.29, 1.82) is 0 Å². The molecule has 4 aromatic rings. The highest BCUT2D eigenvalue weighted by Gasteiger charge is 2.24. The highest BCUT2D eigenvalue weighted by atomic mass is 35.5. The minimum Gasteiger partial charge on any atom is -0.456 e. The second-order valence-corrected chi connectivity index (χ2v) is 7.01. The third-order valence-corrected chi connectivity index (χ3v) is 4.98. The molecule has 0 aliphatic carbocycles. The summed E-state index contributed by atoms with van der Waals surface area (Å²) in [6.45, 7) is 0.0566. The van der Waals surface area contributed by atoms with Crippen LogP contribution in [-0.4, -0.2) is 22.7 Å². The fourth-order valence-electron chi connectivity index (χ4n) is 3.37. The zero-order valence-corrected chi connectivity index (χ0v) is 16.9. The SMILES string of the molecule is CNn1c(C(=O)OCc2ccncc2)c(-c2ccccc2)c2cc(Cl)ccc2c1=O. The van der Waals surface area contributed by atoms with Crippen molar-refractivity contribution in [3.8, 4) is 11.1 Å². The van der Waals surface area contributed by atoms with Gasteiger partial charge in [-0.15, -0.1) is 0 Å². The normalized spacial score (nSPS) is 10.7. The van der Waals surface area contributed by atoms with Gasteiger partial charge in [0.25, 0.3) is 5.56 Å². The number of carbonyl (C=O) groups excluding carboxylic acids is 1. The zero-order chi connectivity index (χ0) is 21.1. The first-order valence-corrected chi connectivity index (χ1v) is 9.65. The quantitative estimate of drug-likeness (QED) is 0.489. The van der Waals surface area contributed by atoms with Crippen molar-refractivity contribution in [3.05, 3.63) is 99.7 Å². The molecule has 6 nitrogen and oxygen atoms in total. The topological polar surface area (TPSA) is 73.2 Å². The molecule has 0 bridgehead atoms. The number of ether oxygens (including phenoxy) is 1. The van der Waals surface area contributed by atoms with Crippen molar-refractivity contribution >= 4 is 28.3 Å². The standard InChI is InChI=1S/C23H18ClN3O3/c1-25-27-21(23(29)30-14-15-9-11-26-12-10-15)20(16-5-3-2-4-6-16)19-13-17(24)7-8-18(19)22(27)28/h2-13,25H,14H2,1H3. The molecular formula is C23H18ClN3O3. The lowest BCUT2D eigenvalue weighted by Gasteiger charge is -2.19. The Labute approximate surface area is 177 Å². The van der Waals surface area contributed by atoms with E-state index in [0.29, 0.717) is 21.4 Å². The molecule has 2 aromatic heterocycles. The van der Waals surface area contributed by atoms with Crippen LogP contribution in [0.15, 0.2) is 77.9 Å². The molecule has 0 radical (unpaired) electrons. The molecule has 150 valence electrons. The van der Waals surface area contributed by atoms with Crippen LogP contribution in [0.3, 0.4) is 0 Å². The second kappa shape index (κ2) is 8.39. The maximum absolute atomic E-state index is 13.2. The Kier molecular flexibility index (Phi) is 5.50. The lowest BCUT2D eigenvalue weighted by molar-refractivity contribution is 0.0461. The molecule has 0 aliphatic rings. The summed E-state index contributed by atoms with van der Waals surface area (Å²) in [5, 5.41) is 1.50. The van der Waals surface area contributed by atoms with Crippen molar-refractivity contribution in [3.63, 3.8) is 0 Å². The largest absolute Gasteiger partial charge is 0.456 e. The molecule has 0 saturated heterocycles. The molecule has 30 heavy (non-hydrogen) atoms. The van der Waals surface area contributed by atoms with Gasteiger partial charge in [-0.05, 0) is 46.8 Å². The summed E-state index contributed by atoms with van der Waals surface area (Å²) in [4.78, 5) is 30.3. The van der Waals surface area contributed by atoms with Gasteiger partial charge in [-0.1, -0.05) is 41.9 Å². The highest BCUT2D eigenvalue weighted by Crippen LogP contribution is 2.32. The number of esters is 1. The van der Waals surface area contributed by atoms with E-state index in [4.69, 9.17) is 16.3 Å². The molecule has 0 unspecified atom stereocenters. The van der Waals surface area contributed by atoms with E-state index in [2.05, 4.69) is 10.4 Å². The summed E-state index contributed by atoms with van der Waals surface area (Å²) in [7, 11) is 1.58. The Morgan fingerprint density at radius 2 is 1.80 bits per heavy atom. The number of hydrogen-bond acceptors (Lipinski definition) is 5. The monoisotopic (exact) mass is 419 g/mol. The fourth-order valence-corrected chi connectivity index (χ4v) is 3.54. The van der Waals surface area contributed by atoms with E-state index >= 15 is 0 Å². The summed E-state index contributed by atoms with van der Waals surface area (Å²) in [6.07, 6.45) is 3.25. The Morgan fingerprint density at radius 3 is 2.50 bits per heavy atom. The van der Waals surface area contributed by atoms with Crippen LogP contribution in [0.25, 0.3) is 21.9 Å². The van der Waals surface area contributed by atoms with E-state index in [1.54, 1.807) is 49.8 Å². The summed E-state index contributed by atoms with van der Waals surface area (Å²) in [6, 6.07) is 17.9. The van der Waals surface area contributed by atoms with Crippen LogP contribution >= 0.6 is 11.6 Å². The lowest BCUT2D eigenvalue weighted by atomic mass is 9.97. The average Bonchev–Trinajstić information content (AvgIpc) is 2.78. The molecule has 7 heteroatoms. The van der Waals surface area contributed by atoms with Gasteiger partial charge in [0, 0.05) is 35.4 Å². The molecule has 0 aliphatic heterocycles. The average molecular weight is 420 g/mol. The van der Waals surface area contributed by atoms with Crippen LogP contribution in [0.2, 0.25) is 5.02 Å². The maximum atomic E-state index is 13.2. The van der Waals surface area contributed by atoms with Gasteiger partial charge in [0.15, 0.2) is 5.69 Å². The molecule has 1 N–H and O–H groups in total. The van der Waals surface area contributed by atoms with Gasteiger partial charge >= 0.3 is 5.97 Å². The predicted octanol–water partition coefficient (Wildman–Crippen LogP) is 4.25. The molecule has 0 spiro atoms. The zero-order valence-electron chi connectivity index (χ0n) is 16.1. The van der Waals surface area contributed by atoms with E-state index in [1.807, 2.05) is 30.3 Å². The van der Waals surface area contributed by atoms with E-state index in [0.717, 1.165) is 11.1 Å². The smallest absolute Gasteiger partial charge is 0.358 e. The summed E-state index contributed by atoms with van der Waals surface area (Å²) in [5.74, 6) is -0.626. The summed E-state index contributed by atoms with van der Waals surface area (Å²) >= 11 is 6.23. The van der Waals surface area contributed by atoms with Gasteiger partial charge in [-0.3, -0.25) is 9.78 Å². The van der Waals surface area contributed by atoms with Crippen LogP contribution in [-0.2, 0) is 11.3 Å². The molecule has 0 fully saturated rings. The molecule has 2 heterocycles. The molecule has 2 aromatic carbocycles. The van der Waals surface area contributed by atoms with Crippen LogP contribution in [0.5, 0.6) is 0 Å². The molecular weight excluding hydrogens is 402 g/mol. The van der Waals surface area contributed by atoms with E-state index < -0.39 is 5.97 Å². The predicted molar refractivity (Wildman–Crippen MR) is 117 cm³/mol. The van der Waals surface area contributed by atoms with Gasteiger partial charge in [0.05, 0.1) is 0 Å². The Bertz CT molecular complexity index is 1270. The number of hydrogen-bond donors (Lipinski definition) is 1. The van der Waals surface area contributed by atoms with E-state index in [9.17, 15) is 9.59 Å². The van der Waals surface area contributed by atoms with Crippen molar-refractivity contribution in [2.75, 3.05) is 12.5 Å². The lowest BCUT2D eigenvalue weighted by Crippen LogP contribution is -2.33. The van der Waals surface area contributed by atoms with Gasteiger partial charge in [-0.25, -0.2) is 9.47 Å². The Hall–Kier alpha value is -3.64. The first-order chi connectivity index (χ1) is 14.6. The van der Waals surface area contributed by atoms with Crippen molar-refractivity contribution in [2.24, 2.45) is 0 Å². The number of aromatic nitrogens is 2. The van der Waals surface area contributed by atoms with Crippen LogP contribution in [0.4, 0.5) is 0 Å². The van der Waals surface area contributed by atoms with E-state index in [-0.39, 0.29) is 17.9 Å². The fraction of sp³-hybridized carbons (Fsp3) is 0.0870. The van der Waals surface area contributed by atoms with Crippen molar-refractivity contribution in [1.82, 2.24) is 9.66 Å². The van der Waals surface area contributed by atoms with Crippen molar-refractivity contribution in [2.45, 2.75) is 6.61 Å². The number of pyridine rings is 2. The maximum Gasteiger partial charge on any atom is 0.358 e. The van der Waals surface area contributed by atoms with Gasteiger partial charge in [0.1, 0.15) is 6.61 Å². The third-order valence-electron chi connectivity index (χ3n) is 4.74. The van der Waals surface area contributed by atoms with E-state index in [1.165, 1.54) is 4.68 Å². The number of benzene rings is 2. The van der Waals surface area contributed by atoms with Crippen LogP contribution < -0.4 is 11.0 Å². The molecule has 0 saturated carbocycles. The number of nitrogens with one attached hydrogen (secondary N) is 1. The molecule has 0 atom stereocenters. The highest BCUT2D eigenvalue weighted by molar-refractivity contribution is 6.31. The first-order valence-electron chi connectivity index (χ1n) is 9.27. The minimum atomic E-state index is -0.626. The number of halogens is 1. The van der Waals surface area contributed by atoms with Gasteiger partial charge in [0.2, 0.25) is 0 Å². The number of fused-ring (bicyclic) bond motifs is 1. The molecule has 0 amide bonds. The minimum absolute atomic E-state index is 0.0566. The molecule has 4 rings (SSSR count). The van der Waals surface area contributed by atoms with Gasteiger partial charge in [-0.2, -0.15) is 0 Å². The number of carbonyl (C=O) groups is 1. The summed E-state index contributed by atoms with van der Waals surface area (Å²) in [5.41, 5.74) is 4.70. The van der Waals surface area contributed by atoms with Gasteiger partial charge < -0.3 is 10.2 Å². The van der Waals surface area contributed by atoms with Crippen molar-refractivity contribution < 1.29 is 9.53 Å². The third kappa shape index (κ3) is 3.65.